The SMILES string of the molecule is Cc1cc2c(cc1C)N(C(C)C(=O)c1ccccc1)C(=O)CN2. The molecule has 1 aliphatic heterocycles. The summed E-state index contributed by atoms with van der Waals surface area (Å²) in [5, 5.41) is 3.14. The molecule has 0 spiro atoms. The Morgan fingerprint density at radius 3 is 2.48 bits per heavy atom. The second kappa shape index (κ2) is 5.88. The Morgan fingerprint density at radius 1 is 1.13 bits per heavy atom. The molecule has 1 amide bonds. The second-order valence-corrected chi connectivity index (χ2v) is 5.98. The number of carbonyl (C=O) groups excluding carboxylic acids is 2. The van der Waals surface area contributed by atoms with Crippen LogP contribution in [0.1, 0.15) is 28.4 Å². The standard InChI is InChI=1S/C19H20N2O2/c1-12-9-16-17(10-13(12)2)21(18(22)11-20-16)14(3)19(23)15-7-5-4-6-8-15/h4-10,14,20H,11H2,1-3H3. The minimum atomic E-state index is -0.534. The summed E-state index contributed by atoms with van der Waals surface area (Å²) < 4.78 is 0. The van der Waals surface area contributed by atoms with Gasteiger partial charge in [-0.3, -0.25) is 14.5 Å². The van der Waals surface area contributed by atoms with Gasteiger partial charge in [0.05, 0.1) is 24.0 Å². The van der Waals surface area contributed by atoms with Crippen molar-refractivity contribution in [2.45, 2.75) is 26.8 Å². The summed E-state index contributed by atoms with van der Waals surface area (Å²) >= 11 is 0. The molecule has 118 valence electrons. The number of amides is 1. The van der Waals surface area contributed by atoms with E-state index in [2.05, 4.69) is 5.32 Å². The van der Waals surface area contributed by atoms with Gasteiger partial charge in [0, 0.05) is 5.56 Å². The molecule has 0 aliphatic carbocycles. The van der Waals surface area contributed by atoms with Crippen molar-refractivity contribution in [2.75, 3.05) is 16.8 Å². The minimum Gasteiger partial charge on any atom is -0.374 e. The fraction of sp³-hybridized carbons (Fsp3) is 0.263. The highest BCUT2D eigenvalue weighted by molar-refractivity contribution is 6.11. The average Bonchev–Trinajstić information content (AvgIpc) is 2.56. The van der Waals surface area contributed by atoms with Gasteiger partial charge in [0.25, 0.3) is 0 Å². The minimum absolute atomic E-state index is 0.0509. The van der Waals surface area contributed by atoms with E-state index in [1.54, 1.807) is 24.0 Å². The van der Waals surface area contributed by atoms with Crippen molar-refractivity contribution >= 4 is 23.1 Å². The van der Waals surface area contributed by atoms with Gasteiger partial charge < -0.3 is 5.32 Å². The zero-order chi connectivity index (χ0) is 16.6. The summed E-state index contributed by atoms with van der Waals surface area (Å²) in [6, 6.07) is 12.6. The van der Waals surface area contributed by atoms with E-state index in [0.29, 0.717) is 5.56 Å². The number of aryl methyl sites for hydroxylation is 2. The zero-order valence-electron chi connectivity index (χ0n) is 13.6. The van der Waals surface area contributed by atoms with Crippen molar-refractivity contribution in [3.63, 3.8) is 0 Å². The van der Waals surface area contributed by atoms with Gasteiger partial charge in [-0.25, -0.2) is 0 Å². The smallest absolute Gasteiger partial charge is 0.247 e. The number of fused-ring (bicyclic) bond motifs is 1. The Hall–Kier alpha value is -2.62. The molecule has 0 saturated carbocycles. The van der Waals surface area contributed by atoms with Crippen LogP contribution < -0.4 is 10.2 Å². The third-order valence-electron chi connectivity index (χ3n) is 4.40. The van der Waals surface area contributed by atoms with Crippen molar-refractivity contribution in [3.05, 3.63) is 59.2 Å². The molecule has 0 bridgehead atoms. The number of anilines is 2. The van der Waals surface area contributed by atoms with Crippen LogP contribution in [0, 0.1) is 13.8 Å². The monoisotopic (exact) mass is 308 g/mol. The fourth-order valence-electron chi connectivity index (χ4n) is 2.92. The van der Waals surface area contributed by atoms with E-state index < -0.39 is 6.04 Å². The molecule has 0 radical (unpaired) electrons. The molecular weight excluding hydrogens is 288 g/mol. The van der Waals surface area contributed by atoms with Gasteiger partial charge in [-0.2, -0.15) is 0 Å². The highest BCUT2D eigenvalue weighted by Gasteiger charge is 2.32. The molecule has 2 aromatic carbocycles. The molecule has 2 aromatic rings. The summed E-state index contributed by atoms with van der Waals surface area (Å²) in [5.41, 5.74) is 4.57. The highest BCUT2D eigenvalue weighted by atomic mass is 16.2. The molecule has 23 heavy (non-hydrogen) atoms. The van der Waals surface area contributed by atoms with Crippen LogP contribution in [0.5, 0.6) is 0 Å². The van der Waals surface area contributed by atoms with Gasteiger partial charge in [-0.05, 0) is 44.0 Å². The molecule has 1 atom stereocenters. The average molecular weight is 308 g/mol. The van der Waals surface area contributed by atoms with Gasteiger partial charge in [0.1, 0.15) is 0 Å². The molecule has 0 saturated heterocycles. The quantitative estimate of drug-likeness (QED) is 0.885. The topological polar surface area (TPSA) is 49.4 Å². The lowest BCUT2D eigenvalue weighted by molar-refractivity contribution is -0.117. The van der Waals surface area contributed by atoms with Crippen LogP contribution in [0.25, 0.3) is 0 Å². The predicted octanol–water partition coefficient (Wildman–Crippen LogP) is 3.33. The van der Waals surface area contributed by atoms with Crippen molar-refractivity contribution in [3.8, 4) is 0 Å². The molecule has 4 nitrogen and oxygen atoms in total. The Morgan fingerprint density at radius 2 is 1.78 bits per heavy atom. The first-order chi connectivity index (χ1) is 11.0. The van der Waals surface area contributed by atoms with E-state index in [1.165, 1.54) is 0 Å². The first-order valence-corrected chi connectivity index (χ1v) is 7.75. The van der Waals surface area contributed by atoms with E-state index in [9.17, 15) is 9.59 Å². The zero-order valence-corrected chi connectivity index (χ0v) is 13.6. The fourth-order valence-corrected chi connectivity index (χ4v) is 2.92. The van der Waals surface area contributed by atoms with Gasteiger partial charge in [-0.15, -0.1) is 0 Å². The lowest BCUT2D eigenvalue weighted by Crippen LogP contribution is -2.48. The number of hydrogen-bond donors (Lipinski definition) is 1. The molecular formula is C19H20N2O2. The first kappa shape index (κ1) is 15.3. The maximum atomic E-state index is 12.7. The third kappa shape index (κ3) is 2.72. The van der Waals surface area contributed by atoms with Crippen LogP contribution in [0.4, 0.5) is 11.4 Å². The van der Waals surface area contributed by atoms with Crippen LogP contribution in [0.2, 0.25) is 0 Å². The van der Waals surface area contributed by atoms with Gasteiger partial charge in [-0.1, -0.05) is 30.3 Å². The summed E-state index contributed by atoms with van der Waals surface area (Å²) in [7, 11) is 0. The number of Topliss-reactive ketones (excluding diaryl/α,β-unsaturated/α-hetero) is 1. The normalized spacial score (nSPS) is 14.9. The molecule has 0 aromatic heterocycles. The number of ketones is 1. The summed E-state index contributed by atoms with van der Waals surface area (Å²) in [4.78, 5) is 26.8. The predicted molar refractivity (Wildman–Crippen MR) is 92.1 cm³/mol. The maximum absolute atomic E-state index is 12.7. The summed E-state index contributed by atoms with van der Waals surface area (Å²) in [6.45, 7) is 6.05. The number of hydrogen-bond acceptors (Lipinski definition) is 3. The Bertz CT molecular complexity index is 768. The van der Waals surface area contributed by atoms with Crippen LogP contribution in [-0.2, 0) is 4.79 Å². The van der Waals surface area contributed by atoms with E-state index in [-0.39, 0.29) is 18.2 Å². The Labute approximate surface area is 136 Å². The van der Waals surface area contributed by atoms with Crippen LogP contribution in [0.3, 0.4) is 0 Å². The van der Waals surface area contributed by atoms with Gasteiger partial charge >= 0.3 is 0 Å². The molecule has 3 rings (SSSR count). The van der Waals surface area contributed by atoms with Crippen LogP contribution in [0.15, 0.2) is 42.5 Å². The van der Waals surface area contributed by atoms with Crippen molar-refractivity contribution < 1.29 is 9.59 Å². The molecule has 1 unspecified atom stereocenters. The number of benzene rings is 2. The van der Waals surface area contributed by atoms with E-state index in [4.69, 9.17) is 0 Å². The largest absolute Gasteiger partial charge is 0.374 e. The molecule has 1 heterocycles. The third-order valence-corrected chi connectivity index (χ3v) is 4.40. The summed E-state index contributed by atoms with van der Waals surface area (Å²) in [6.07, 6.45) is 0. The molecule has 4 heteroatoms. The van der Waals surface area contributed by atoms with Crippen molar-refractivity contribution in [1.82, 2.24) is 0 Å². The lowest BCUT2D eigenvalue weighted by atomic mass is 10.00. The first-order valence-electron chi connectivity index (χ1n) is 7.75. The molecule has 1 aliphatic rings. The van der Waals surface area contributed by atoms with E-state index in [0.717, 1.165) is 22.5 Å². The Balaban J connectivity index is 2.01. The molecule has 1 N–H and O–H groups in total. The van der Waals surface area contributed by atoms with Crippen molar-refractivity contribution in [2.24, 2.45) is 0 Å². The second-order valence-electron chi connectivity index (χ2n) is 5.98. The maximum Gasteiger partial charge on any atom is 0.247 e. The van der Waals surface area contributed by atoms with E-state index in [1.807, 2.05) is 44.2 Å². The number of nitrogens with one attached hydrogen (secondary N) is 1. The number of rotatable bonds is 3. The van der Waals surface area contributed by atoms with Gasteiger partial charge in [0.15, 0.2) is 5.78 Å². The number of carbonyl (C=O) groups is 2. The van der Waals surface area contributed by atoms with Crippen LogP contribution in [-0.4, -0.2) is 24.3 Å². The van der Waals surface area contributed by atoms with Crippen molar-refractivity contribution in [1.29, 1.82) is 0 Å². The van der Waals surface area contributed by atoms with E-state index >= 15 is 0 Å². The van der Waals surface area contributed by atoms with Gasteiger partial charge in [0.2, 0.25) is 5.91 Å². The summed E-state index contributed by atoms with van der Waals surface area (Å²) in [5.74, 6) is -0.137. The highest BCUT2D eigenvalue weighted by Crippen LogP contribution is 2.34. The molecule has 0 fully saturated rings. The lowest BCUT2D eigenvalue weighted by Gasteiger charge is -2.34. The number of nitrogens with zero attached hydrogens (tertiary/aromatic N) is 1. The Kier molecular flexibility index (Phi) is 3.90. The van der Waals surface area contributed by atoms with Crippen LogP contribution >= 0.6 is 0 Å².